The first-order chi connectivity index (χ1) is 14.4. The van der Waals surface area contributed by atoms with Crippen LogP contribution in [-0.4, -0.2) is 44.3 Å². The molecule has 2 heterocycles. The van der Waals surface area contributed by atoms with E-state index in [-0.39, 0.29) is 18.3 Å². The number of amides is 1. The molecule has 2 aromatic carbocycles. The average Bonchev–Trinajstić information content (AvgIpc) is 3.03. The Kier molecular flexibility index (Phi) is 5.58. The Labute approximate surface area is 176 Å². The van der Waals surface area contributed by atoms with E-state index in [4.69, 9.17) is 23.7 Å². The average molecular weight is 413 g/mol. The lowest BCUT2D eigenvalue weighted by molar-refractivity contribution is -0.231. The molecule has 0 saturated carbocycles. The minimum Gasteiger partial charge on any atom is -0.497 e. The molecule has 0 radical (unpaired) electrons. The van der Waals surface area contributed by atoms with Gasteiger partial charge in [-0.3, -0.25) is 4.90 Å². The van der Waals surface area contributed by atoms with E-state index < -0.39 is 11.8 Å². The summed E-state index contributed by atoms with van der Waals surface area (Å²) < 4.78 is 28.2. The summed E-state index contributed by atoms with van der Waals surface area (Å²) in [5.74, 6) is 1.53. The molecular formula is C23H27NO6. The Morgan fingerprint density at radius 3 is 2.23 bits per heavy atom. The number of hydrogen-bond donors (Lipinski definition) is 0. The lowest BCUT2D eigenvalue weighted by Gasteiger charge is -2.44. The first kappa shape index (κ1) is 20.5. The molecule has 2 aromatic rings. The second-order valence-electron chi connectivity index (χ2n) is 7.83. The first-order valence-electron chi connectivity index (χ1n) is 9.99. The maximum Gasteiger partial charge on any atom is 0.415 e. The van der Waals surface area contributed by atoms with Gasteiger partial charge in [-0.05, 0) is 55.8 Å². The number of nitrogens with zero attached hydrogens (tertiary/aromatic N) is 1. The SMILES string of the molecule is COc1ccc(CO[C@H]2C[C@]3(C)[C@@H](OC(=O)N3c3ccc(OC)cc3)[C@H](C)O2)cc1. The van der Waals surface area contributed by atoms with Crippen LogP contribution in [0.25, 0.3) is 0 Å². The van der Waals surface area contributed by atoms with Crippen LogP contribution in [0, 0.1) is 0 Å². The Morgan fingerprint density at radius 1 is 1.03 bits per heavy atom. The molecule has 4 atom stereocenters. The summed E-state index contributed by atoms with van der Waals surface area (Å²) >= 11 is 0. The number of methoxy groups -OCH3 is 2. The Balaban J connectivity index is 1.51. The summed E-state index contributed by atoms with van der Waals surface area (Å²) in [5.41, 5.74) is 1.19. The van der Waals surface area contributed by atoms with Gasteiger partial charge >= 0.3 is 6.09 Å². The molecule has 1 amide bonds. The molecule has 0 spiro atoms. The van der Waals surface area contributed by atoms with E-state index in [9.17, 15) is 4.79 Å². The molecule has 2 aliphatic heterocycles. The third-order valence-electron chi connectivity index (χ3n) is 5.83. The molecule has 4 rings (SSSR count). The maximum absolute atomic E-state index is 12.8. The zero-order valence-electron chi connectivity index (χ0n) is 17.7. The fraction of sp³-hybridized carbons (Fsp3) is 0.435. The quantitative estimate of drug-likeness (QED) is 0.709. The number of benzene rings is 2. The van der Waals surface area contributed by atoms with Crippen molar-refractivity contribution in [2.24, 2.45) is 0 Å². The van der Waals surface area contributed by atoms with Crippen molar-refractivity contribution < 1.29 is 28.5 Å². The number of carbonyl (C=O) groups is 1. The van der Waals surface area contributed by atoms with E-state index in [2.05, 4.69) is 0 Å². The van der Waals surface area contributed by atoms with E-state index in [0.29, 0.717) is 13.0 Å². The standard InChI is InChI=1S/C23H27NO6/c1-15-21-23(2,24(22(25)30-21)17-7-11-19(27-4)12-8-17)13-20(29-15)28-14-16-5-9-18(26-3)10-6-16/h5-12,15,20-21H,13-14H2,1-4H3/t15-,20+,21-,23+/m0/s1. The van der Waals surface area contributed by atoms with Gasteiger partial charge in [0.25, 0.3) is 0 Å². The van der Waals surface area contributed by atoms with E-state index >= 15 is 0 Å². The van der Waals surface area contributed by atoms with E-state index in [1.165, 1.54) is 0 Å². The summed E-state index contributed by atoms with van der Waals surface area (Å²) in [5, 5.41) is 0. The van der Waals surface area contributed by atoms with Crippen LogP contribution in [0.2, 0.25) is 0 Å². The van der Waals surface area contributed by atoms with Gasteiger partial charge in [0.05, 0.1) is 32.5 Å². The van der Waals surface area contributed by atoms with Crippen molar-refractivity contribution in [2.45, 2.75) is 50.9 Å². The highest BCUT2D eigenvalue weighted by molar-refractivity contribution is 5.92. The van der Waals surface area contributed by atoms with Gasteiger partial charge < -0.3 is 23.7 Å². The summed E-state index contributed by atoms with van der Waals surface area (Å²) in [6.45, 7) is 4.34. The number of carbonyl (C=O) groups excluding carboxylic acids is 1. The molecule has 0 N–H and O–H groups in total. The lowest BCUT2D eigenvalue weighted by Crippen LogP contribution is -2.59. The normalized spacial score (nSPS) is 28.1. The highest BCUT2D eigenvalue weighted by atomic mass is 16.7. The monoisotopic (exact) mass is 413 g/mol. The summed E-state index contributed by atoms with van der Waals surface area (Å²) in [7, 11) is 3.25. The minimum atomic E-state index is -0.589. The maximum atomic E-state index is 12.8. The molecule has 7 nitrogen and oxygen atoms in total. The van der Waals surface area contributed by atoms with Gasteiger partial charge in [0, 0.05) is 12.1 Å². The highest BCUT2D eigenvalue weighted by Gasteiger charge is 2.58. The largest absolute Gasteiger partial charge is 0.497 e. The zero-order valence-corrected chi connectivity index (χ0v) is 17.7. The van der Waals surface area contributed by atoms with E-state index in [1.807, 2.05) is 62.4 Å². The van der Waals surface area contributed by atoms with Crippen LogP contribution in [0.4, 0.5) is 10.5 Å². The van der Waals surface area contributed by atoms with Crippen molar-refractivity contribution >= 4 is 11.8 Å². The first-order valence-corrected chi connectivity index (χ1v) is 9.99. The van der Waals surface area contributed by atoms with Gasteiger partial charge in [-0.15, -0.1) is 0 Å². The second-order valence-corrected chi connectivity index (χ2v) is 7.83. The smallest absolute Gasteiger partial charge is 0.415 e. The van der Waals surface area contributed by atoms with Gasteiger partial charge in [-0.1, -0.05) is 12.1 Å². The molecular weight excluding hydrogens is 386 g/mol. The summed E-state index contributed by atoms with van der Waals surface area (Å²) in [4.78, 5) is 14.5. The number of hydrogen-bond acceptors (Lipinski definition) is 6. The van der Waals surface area contributed by atoms with Crippen LogP contribution >= 0.6 is 0 Å². The van der Waals surface area contributed by atoms with Crippen LogP contribution < -0.4 is 14.4 Å². The topological polar surface area (TPSA) is 66.5 Å². The summed E-state index contributed by atoms with van der Waals surface area (Å²) in [6, 6.07) is 15.1. The van der Waals surface area contributed by atoms with Crippen LogP contribution in [-0.2, 0) is 20.8 Å². The predicted octanol–water partition coefficient (Wildman–Crippen LogP) is 4.14. The molecule has 160 valence electrons. The van der Waals surface area contributed by atoms with E-state index in [1.54, 1.807) is 19.1 Å². The van der Waals surface area contributed by atoms with Crippen LogP contribution in [0.3, 0.4) is 0 Å². The predicted molar refractivity (Wildman–Crippen MR) is 111 cm³/mol. The van der Waals surface area contributed by atoms with Gasteiger partial charge in [0.15, 0.2) is 12.4 Å². The second kappa shape index (κ2) is 8.16. The number of rotatable bonds is 6. The summed E-state index contributed by atoms with van der Waals surface area (Å²) in [6.07, 6.45) is -1.02. The molecule has 2 fully saturated rings. The number of fused-ring (bicyclic) bond motifs is 1. The lowest BCUT2D eigenvalue weighted by atomic mass is 9.84. The van der Waals surface area contributed by atoms with Gasteiger partial charge in [-0.2, -0.15) is 0 Å². The number of ether oxygens (including phenoxy) is 5. The molecule has 0 bridgehead atoms. The van der Waals surface area contributed by atoms with Crippen molar-refractivity contribution in [3.63, 3.8) is 0 Å². The third-order valence-corrected chi connectivity index (χ3v) is 5.83. The third kappa shape index (κ3) is 3.70. The van der Waals surface area contributed by atoms with Crippen LogP contribution in [0.1, 0.15) is 25.8 Å². The number of anilines is 1. The molecule has 30 heavy (non-hydrogen) atoms. The van der Waals surface area contributed by atoms with Crippen molar-refractivity contribution in [3.8, 4) is 11.5 Å². The zero-order chi connectivity index (χ0) is 21.3. The van der Waals surface area contributed by atoms with Crippen molar-refractivity contribution in [2.75, 3.05) is 19.1 Å². The molecule has 0 aliphatic carbocycles. The molecule has 7 heteroatoms. The van der Waals surface area contributed by atoms with Crippen LogP contribution in [0.15, 0.2) is 48.5 Å². The highest BCUT2D eigenvalue weighted by Crippen LogP contribution is 2.44. The van der Waals surface area contributed by atoms with Crippen LogP contribution in [0.5, 0.6) is 11.5 Å². The Morgan fingerprint density at radius 2 is 1.63 bits per heavy atom. The van der Waals surface area contributed by atoms with Crippen molar-refractivity contribution in [3.05, 3.63) is 54.1 Å². The Hall–Kier alpha value is -2.77. The molecule has 2 saturated heterocycles. The molecule has 0 unspecified atom stereocenters. The van der Waals surface area contributed by atoms with Crippen molar-refractivity contribution in [1.29, 1.82) is 0 Å². The Bertz CT molecular complexity index is 884. The van der Waals surface area contributed by atoms with Gasteiger partial charge in [0.2, 0.25) is 0 Å². The fourth-order valence-corrected chi connectivity index (χ4v) is 4.27. The van der Waals surface area contributed by atoms with E-state index in [0.717, 1.165) is 22.7 Å². The van der Waals surface area contributed by atoms with Gasteiger partial charge in [0.1, 0.15) is 11.5 Å². The fourth-order valence-electron chi connectivity index (χ4n) is 4.27. The van der Waals surface area contributed by atoms with Gasteiger partial charge in [-0.25, -0.2) is 4.79 Å². The van der Waals surface area contributed by atoms with Crippen molar-refractivity contribution in [1.82, 2.24) is 0 Å². The molecule has 2 aliphatic rings. The molecule has 0 aromatic heterocycles. The minimum absolute atomic E-state index is 0.295.